The van der Waals surface area contributed by atoms with Crippen molar-refractivity contribution in [3.8, 4) is 11.5 Å². The van der Waals surface area contributed by atoms with Gasteiger partial charge in [-0.25, -0.2) is 0 Å². The number of fused-ring (bicyclic) bond motifs is 3. The third-order valence-electron chi connectivity index (χ3n) is 6.48. The van der Waals surface area contributed by atoms with Gasteiger partial charge in [-0.15, -0.1) is 5.10 Å². The van der Waals surface area contributed by atoms with Crippen molar-refractivity contribution in [1.29, 1.82) is 0 Å². The summed E-state index contributed by atoms with van der Waals surface area (Å²) in [5.41, 5.74) is 1.54. The molecular weight excluding hydrogens is 518 g/mol. The number of carbonyl (C=O) groups excluding carboxylic acids is 2. The molecule has 0 spiro atoms. The lowest BCUT2D eigenvalue weighted by molar-refractivity contribution is -0.118. The molecule has 0 saturated carbocycles. The molecule has 3 aromatic carbocycles. The molecule has 0 saturated heterocycles. The van der Waals surface area contributed by atoms with Crippen LogP contribution < -0.4 is 29.8 Å². The van der Waals surface area contributed by atoms with Gasteiger partial charge in [0.15, 0.2) is 23.4 Å². The average molecular weight is 538 g/mol. The predicted octanol–water partition coefficient (Wildman–Crippen LogP) is 2.57. The number of benzene rings is 3. The number of thiazole rings is 1. The summed E-state index contributed by atoms with van der Waals surface area (Å²) < 4.78 is 13.1. The quantitative estimate of drug-likeness (QED) is 0.375. The second kappa shape index (κ2) is 9.07. The van der Waals surface area contributed by atoms with Gasteiger partial charge < -0.3 is 14.8 Å². The molecule has 0 fully saturated rings. The molecule has 4 heterocycles. The van der Waals surface area contributed by atoms with Crippen molar-refractivity contribution < 1.29 is 19.1 Å². The van der Waals surface area contributed by atoms with Crippen molar-refractivity contribution in [2.24, 2.45) is 0 Å². The monoisotopic (exact) mass is 537 g/mol. The minimum Gasteiger partial charge on any atom is -0.485 e. The average Bonchev–Trinajstić information content (AvgIpc) is 3.59. The highest BCUT2D eigenvalue weighted by molar-refractivity contribution is 7.15. The SMILES string of the molecule is O=C(CN1C(=O)/C(=c2\sc3nc(C4COc5ccccc5O4)nn3c2=O)c2ccccc21)Nc1ccccc1. The summed E-state index contributed by atoms with van der Waals surface area (Å²) in [6, 6.07) is 23.4. The number of carbonyl (C=O) groups is 2. The van der Waals surface area contributed by atoms with E-state index >= 15 is 0 Å². The number of hydrogen-bond donors (Lipinski definition) is 1. The fraction of sp³-hybridized carbons (Fsp3) is 0.107. The van der Waals surface area contributed by atoms with E-state index in [1.165, 1.54) is 9.42 Å². The number of nitrogens with zero attached hydrogens (tertiary/aromatic N) is 4. The second-order valence-corrected chi connectivity index (χ2v) is 9.94. The molecule has 7 rings (SSSR count). The highest BCUT2D eigenvalue weighted by Crippen LogP contribution is 2.36. The summed E-state index contributed by atoms with van der Waals surface area (Å²) in [5.74, 6) is 0.758. The van der Waals surface area contributed by atoms with Crippen molar-refractivity contribution in [2.75, 3.05) is 23.4 Å². The lowest BCUT2D eigenvalue weighted by Gasteiger charge is -2.24. The van der Waals surface area contributed by atoms with E-state index in [0.717, 1.165) is 11.3 Å². The molecule has 10 nitrogen and oxygen atoms in total. The molecule has 0 bridgehead atoms. The standard InChI is InChI=1S/C28H19N5O5S/c34-22(29-16-8-2-1-3-9-16)14-32-18-11-5-4-10-17(18)23(26(32)35)24-27(36)33-28(39-24)30-25(31-33)21-15-37-19-12-6-7-13-20(19)38-21/h1-13,21H,14-15H2,(H,29,34)/b24-23-. The predicted molar refractivity (Wildman–Crippen MR) is 144 cm³/mol. The fourth-order valence-corrected chi connectivity index (χ4v) is 5.71. The summed E-state index contributed by atoms with van der Waals surface area (Å²) in [4.78, 5) is 46.1. The number of anilines is 2. The molecule has 0 radical (unpaired) electrons. The van der Waals surface area contributed by atoms with Crippen LogP contribution in [0.3, 0.4) is 0 Å². The van der Waals surface area contributed by atoms with E-state index < -0.39 is 17.6 Å². The van der Waals surface area contributed by atoms with E-state index in [2.05, 4.69) is 15.4 Å². The first-order valence-electron chi connectivity index (χ1n) is 12.2. The van der Waals surface area contributed by atoms with Crippen LogP contribution in [0, 0.1) is 0 Å². The summed E-state index contributed by atoms with van der Waals surface area (Å²) >= 11 is 1.08. The summed E-state index contributed by atoms with van der Waals surface area (Å²) in [6.45, 7) is 0.00691. The molecule has 1 unspecified atom stereocenters. The van der Waals surface area contributed by atoms with Crippen LogP contribution in [0.1, 0.15) is 17.5 Å². The van der Waals surface area contributed by atoms with Gasteiger partial charge in [0.1, 0.15) is 17.7 Å². The minimum absolute atomic E-state index is 0.201. The molecule has 0 aliphatic carbocycles. The molecule has 5 aromatic rings. The van der Waals surface area contributed by atoms with Gasteiger partial charge in [0.25, 0.3) is 11.5 Å². The number of ether oxygens (including phenoxy) is 2. The zero-order valence-electron chi connectivity index (χ0n) is 20.2. The first kappa shape index (κ1) is 23.1. The zero-order valence-corrected chi connectivity index (χ0v) is 21.1. The Morgan fingerprint density at radius 2 is 1.72 bits per heavy atom. The van der Waals surface area contributed by atoms with Gasteiger partial charge >= 0.3 is 0 Å². The van der Waals surface area contributed by atoms with Crippen LogP contribution in [0.25, 0.3) is 10.5 Å². The zero-order chi connectivity index (χ0) is 26.5. The van der Waals surface area contributed by atoms with E-state index in [9.17, 15) is 14.4 Å². The van der Waals surface area contributed by atoms with E-state index in [0.29, 0.717) is 39.2 Å². The Morgan fingerprint density at radius 3 is 2.54 bits per heavy atom. The van der Waals surface area contributed by atoms with Crippen LogP contribution in [0.15, 0.2) is 83.7 Å². The molecule has 1 N–H and O–H groups in total. The van der Waals surface area contributed by atoms with Crippen LogP contribution >= 0.6 is 11.3 Å². The first-order chi connectivity index (χ1) is 19.1. The Labute approximate surface area is 224 Å². The third kappa shape index (κ3) is 3.91. The Balaban J connectivity index is 1.23. The van der Waals surface area contributed by atoms with Crippen molar-refractivity contribution in [3.63, 3.8) is 0 Å². The van der Waals surface area contributed by atoms with Crippen LogP contribution in [-0.4, -0.2) is 39.6 Å². The first-order valence-corrected chi connectivity index (χ1v) is 13.0. The summed E-state index contributed by atoms with van der Waals surface area (Å²) in [5, 5.41) is 7.19. The van der Waals surface area contributed by atoms with Gasteiger partial charge in [-0.1, -0.05) is 59.9 Å². The Morgan fingerprint density at radius 1 is 0.974 bits per heavy atom. The van der Waals surface area contributed by atoms with E-state index in [1.807, 2.05) is 36.4 Å². The topological polar surface area (TPSA) is 115 Å². The van der Waals surface area contributed by atoms with Gasteiger partial charge in [0.05, 0.1) is 11.3 Å². The molecule has 11 heteroatoms. The minimum atomic E-state index is -0.574. The van der Waals surface area contributed by atoms with Gasteiger partial charge in [0, 0.05) is 11.3 Å². The van der Waals surface area contributed by atoms with Crippen molar-refractivity contribution in [3.05, 3.63) is 105 Å². The van der Waals surface area contributed by atoms with Crippen LogP contribution in [0.4, 0.5) is 11.4 Å². The number of amides is 2. The summed E-state index contributed by atoms with van der Waals surface area (Å²) in [7, 11) is 0. The second-order valence-electron chi connectivity index (χ2n) is 8.96. The lowest BCUT2D eigenvalue weighted by Crippen LogP contribution is -2.37. The Kier molecular flexibility index (Phi) is 5.37. The molecule has 1 atom stereocenters. The van der Waals surface area contributed by atoms with Crippen molar-refractivity contribution >= 4 is 45.1 Å². The van der Waals surface area contributed by atoms with Crippen molar-refractivity contribution in [2.45, 2.75) is 6.10 Å². The van der Waals surface area contributed by atoms with Crippen molar-refractivity contribution in [1.82, 2.24) is 14.6 Å². The number of nitrogens with one attached hydrogen (secondary N) is 1. The number of aromatic nitrogens is 3. The highest BCUT2D eigenvalue weighted by atomic mass is 32.1. The number of para-hydroxylation sites is 4. The lowest BCUT2D eigenvalue weighted by atomic mass is 10.1. The van der Waals surface area contributed by atoms with Gasteiger partial charge in [-0.2, -0.15) is 9.50 Å². The summed E-state index contributed by atoms with van der Waals surface area (Å²) in [6.07, 6.45) is -0.574. The maximum atomic E-state index is 13.6. The number of hydrogen-bond acceptors (Lipinski definition) is 8. The number of rotatable bonds is 4. The highest BCUT2D eigenvalue weighted by Gasteiger charge is 2.36. The fourth-order valence-electron chi connectivity index (χ4n) is 4.71. The van der Waals surface area contributed by atoms with E-state index in [1.54, 1.807) is 42.5 Å². The van der Waals surface area contributed by atoms with E-state index in [-0.39, 0.29) is 29.2 Å². The van der Waals surface area contributed by atoms with Crippen LogP contribution in [0.5, 0.6) is 11.5 Å². The van der Waals surface area contributed by atoms with Crippen LogP contribution in [0.2, 0.25) is 0 Å². The molecular formula is C28H19N5O5S. The normalized spacial score (nSPS) is 17.4. The van der Waals surface area contributed by atoms with Gasteiger partial charge in [0.2, 0.25) is 10.9 Å². The Bertz CT molecular complexity index is 1880. The molecule has 2 aliphatic heterocycles. The molecule has 2 amide bonds. The molecule has 2 aromatic heterocycles. The van der Waals surface area contributed by atoms with Gasteiger partial charge in [-0.3, -0.25) is 19.3 Å². The maximum Gasteiger partial charge on any atom is 0.291 e. The largest absolute Gasteiger partial charge is 0.485 e. The molecule has 192 valence electrons. The van der Waals surface area contributed by atoms with Crippen LogP contribution in [-0.2, 0) is 9.59 Å². The Hall–Kier alpha value is -5.03. The van der Waals surface area contributed by atoms with E-state index in [4.69, 9.17) is 9.47 Å². The smallest absolute Gasteiger partial charge is 0.291 e. The van der Waals surface area contributed by atoms with Gasteiger partial charge in [-0.05, 0) is 30.3 Å². The molecule has 39 heavy (non-hydrogen) atoms. The third-order valence-corrected chi connectivity index (χ3v) is 7.51. The maximum absolute atomic E-state index is 13.6. The molecule has 2 aliphatic rings.